The van der Waals surface area contributed by atoms with E-state index in [0.29, 0.717) is 38.8 Å². The zero-order valence-corrected chi connectivity index (χ0v) is 18.5. The zero-order chi connectivity index (χ0) is 21.6. The van der Waals surface area contributed by atoms with Crippen LogP contribution in [0, 0.1) is 6.92 Å². The van der Waals surface area contributed by atoms with Crippen LogP contribution in [0.1, 0.15) is 37.0 Å². The first kappa shape index (κ1) is 23.5. The molecule has 0 unspecified atom stereocenters. The Labute approximate surface area is 179 Å². The molecule has 0 atom stereocenters. The van der Waals surface area contributed by atoms with Crippen LogP contribution in [0.15, 0.2) is 41.5 Å². The number of rotatable bonds is 12. The number of nitrogens with zero attached hydrogens (tertiary/aromatic N) is 2. The van der Waals surface area contributed by atoms with E-state index in [-0.39, 0.29) is 0 Å². The van der Waals surface area contributed by atoms with E-state index in [0.717, 1.165) is 35.8 Å². The van der Waals surface area contributed by atoms with Crippen molar-refractivity contribution in [1.29, 1.82) is 0 Å². The first-order chi connectivity index (χ1) is 14.7. The molecule has 0 fully saturated rings. The van der Waals surface area contributed by atoms with E-state index >= 15 is 0 Å². The number of aromatic nitrogens is 1. The average molecular weight is 415 g/mol. The number of ether oxygens (including phenoxy) is 3. The molecule has 0 aliphatic heterocycles. The topological polar surface area (TPSA) is 77.0 Å². The molecule has 1 aromatic heterocycles. The maximum absolute atomic E-state index is 5.98. The third-order valence-electron chi connectivity index (χ3n) is 4.27. The van der Waals surface area contributed by atoms with Crippen molar-refractivity contribution in [3.8, 4) is 11.6 Å². The van der Waals surface area contributed by atoms with Gasteiger partial charge >= 0.3 is 0 Å². The van der Waals surface area contributed by atoms with Crippen LogP contribution >= 0.6 is 0 Å². The van der Waals surface area contributed by atoms with Gasteiger partial charge in [-0.1, -0.05) is 12.1 Å². The summed E-state index contributed by atoms with van der Waals surface area (Å²) in [4.78, 5) is 8.89. The number of nitrogens with one attached hydrogen (secondary N) is 2. The van der Waals surface area contributed by atoms with Crippen LogP contribution < -0.4 is 20.1 Å². The Hall–Kier alpha value is -2.80. The van der Waals surface area contributed by atoms with Crippen LogP contribution in [0.5, 0.6) is 11.6 Å². The number of pyridine rings is 1. The summed E-state index contributed by atoms with van der Waals surface area (Å²) in [6.07, 6.45) is 2.60. The van der Waals surface area contributed by atoms with E-state index < -0.39 is 0 Å². The summed E-state index contributed by atoms with van der Waals surface area (Å²) in [5, 5.41) is 6.68. The normalized spacial score (nSPS) is 11.3. The summed E-state index contributed by atoms with van der Waals surface area (Å²) in [5.41, 5.74) is 3.30. The van der Waals surface area contributed by atoms with Crippen LogP contribution in [-0.4, -0.2) is 44.4 Å². The first-order valence-corrected chi connectivity index (χ1v) is 10.5. The molecule has 0 saturated heterocycles. The predicted octanol–water partition coefficient (Wildman–Crippen LogP) is 3.46. The van der Waals surface area contributed by atoms with Crippen LogP contribution in [0.3, 0.4) is 0 Å². The van der Waals surface area contributed by atoms with Gasteiger partial charge in [-0.05, 0) is 44.0 Å². The van der Waals surface area contributed by atoms with Gasteiger partial charge in [-0.25, -0.2) is 9.98 Å². The molecule has 7 heteroatoms. The number of methoxy groups -OCH3 is 1. The van der Waals surface area contributed by atoms with Crippen molar-refractivity contribution in [3.05, 3.63) is 53.2 Å². The van der Waals surface area contributed by atoms with Crippen molar-refractivity contribution in [2.24, 2.45) is 4.99 Å². The minimum absolute atomic E-state index is 0.534. The largest absolute Gasteiger partial charge is 0.493 e. The molecule has 1 aromatic carbocycles. The molecule has 7 nitrogen and oxygen atoms in total. The number of aliphatic imine (C=N–C) groups is 1. The summed E-state index contributed by atoms with van der Waals surface area (Å²) in [5.74, 6) is 2.27. The van der Waals surface area contributed by atoms with E-state index in [1.807, 2.05) is 26.0 Å². The molecule has 164 valence electrons. The molecule has 0 radical (unpaired) electrons. The minimum atomic E-state index is 0.534. The summed E-state index contributed by atoms with van der Waals surface area (Å²) >= 11 is 0. The molecule has 0 bridgehead atoms. The maximum Gasteiger partial charge on any atom is 0.213 e. The molecule has 0 aliphatic carbocycles. The van der Waals surface area contributed by atoms with Gasteiger partial charge in [0.25, 0.3) is 0 Å². The van der Waals surface area contributed by atoms with E-state index in [1.54, 1.807) is 13.3 Å². The highest BCUT2D eigenvalue weighted by Crippen LogP contribution is 2.20. The Kier molecular flexibility index (Phi) is 10.5. The quantitative estimate of drug-likeness (QED) is 0.315. The second-order valence-electron chi connectivity index (χ2n) is 6.79. The lowest BCUT2D eigenvalue weighted by Gasteiger charge is -2.15. The predicted molar refractivity (Wildman–Crippen MR) is 120 cm³/mol. The van der Waals surface area contributed by atoms with Gasteiger partial charge in [0.05, 0.1) is 19.8 Å². The van der Waals surface area contributed by atoms with Crippen LogP contribution in [0.2, 0.25) is 0 Å². The van der Waals surface area contributed by atoms with Crippen molar-refractivity contribution in [2.75, 3.05) is 33.5 Å². The molecular formula is C23H34N4O3. The minimum Gasteiger partial charge on any atom is -0.493 e. The van der Waals surface area contributed by atoms with Crippen molar-refractivity contribution in [2.45, 2.75) is 40.3 Å². The fourth-order valence-electron chi connectivity index (χ4n) is 2.79. The van der Waals surface area contributed by atoms with E-state index in [1.165, 1.54) is 5.56 Å². The van der Waals surface area contributed by atoms with Crippen LogP contribution in [0.25, 0.3) is 0 Å². The van der Waals surface area contributed by atoms with Gasteiger partial charge in [-0.3, -0.25) is 0 Å². The molecule has 0 aliphatic rings. The van der Waals surface area contributed by atoms with Gasteiger partial charge in [-0.15, -0.1) is 0 Å². The zero-order valence-electron chi connectivity index (χ0n) is 18.5. The Balaban J connectivity index is 2.01. The molecule has 0 amide bonds. The average Bonchev–Trinajstić information content (AvgIpc) is 2.75. The summed E-state index contributed by atoms with van der Waals surface area (Å²) in [6, 6.07) is 10.1. The van der Waals surface area contributed by atoms with Crippen LogP contribution in [0.4, 0.5) is 0 Å². The van der Waals surface area contributed by atoms with E-state index in [4.69, 9.17) is 14.2 Å². The van der Waals surface area contributed by atoms with Crippen molar-refractivity contribution >= 4 is 5.96 Å². The second kappa shape index (κ2) is 13.4. The highest BCUT2D eigenvalue weighted by molar-refractivity contribution is 5.79. The second-order valence-corrected chi connectivity index (χ2v) is 6.79. The fraction of sp³-hybridized carbons (Fsp3) is 0.478. The molecular weight excluding hydrogens is 380 g/mol. The smallest absolute Gasteiger partial charge is 0.213 e. The molecule has 2 rings (SSSR count). The number of hydrogen-bond donors (Lipinski definition) is 2. The Bertz CT molecular complexity index is 796. The van der Waals surface area contributed by atoms with Crippen LogP contribution in [-0.2, 0) is 17.8 Å². The highest BCUT2D eigenvalue weighted by atomic mass is 16.5. The Morgan fingerprint density at radius 3 is 2.70 bits per heavy atom. The number of aryl methyl sites for hydroxylation is 1. The van der Waals surface area contributed by atoms with Gasteiger partial charge in [0.2, 0.25) is 5.88 Å². The number of hydrogen-bond acceptors (Lipinski definition) is 5. The SMILES string of the molecule is CCNC(=NCc1ccnc(OCC)c1)NCc1ccc(C)cc1OCCCOC. The monoisotopic (exact) mass is 414 g/mol. The van der Waals surface area contributed by atoms with Gasteiger partial charge in [0.1, 0.15) is 5.75 Å². The third kappa shape index (κ3) is 8.29. The lowest BCUT2D eigenvalue weighted by molar-refractivity contribution is 0.171. The van der Waals surface area contributed by atoms with Gasteiger partial charge in [0.15, 0.2) is 5.96 Å². The summed E-state index contributed by atoms with van der Waals surface area (Å²) < 4.78 is 16.5. The van der Waals surface area contributed by atoms with Gasteiger partial charge in [0, 0.05) is 51.1 Å². The summed E-state index contributed by atoms with van der Waals surface area (Å²) in [7, 11) is 1.70. The van der Waals surface area contributed by atoms with E-state index in [9.17, 15) is 0 Å². The lowest BCUT2D eigenvalue weighted by atomic mass is 10.1. The molecule has 0 spiro atoms. The standard InChI is InChI=1S/C23H34N4O3/c1-5-24-23(26-16-19-10-11-25-22(15-19)29-6-2)27-17-20-9-8-18(3)14-21(20)30-13-7-12-28-4/h8-11,14-15H,5-7,12-13,16-17H2,1-4H3,(H2,24,26,27). The third-order valence-corrected chi connectivity index (χ3v) is 4.27. The number of guanidine groups is 1. The van der Waals surface area contributed by atoms with E-state index in [2.05, 4.69) is 45.7 Å². The lowest BCUT2D eigenvalue weighted by Crippen LogP contribution is -2.36. The van der Waals surface area contributed by atoms with Gasteiger partial charge < -0.3 is 24.8 Å². The fourth-order valence-corrected chi connectivity index (χ4v) is 2.79. The number of benzene rings is 1. The van der Waals surface area contributed by atoms with Crippen molar-refractivity contribution in [1.82, 2.24) is 15.6 Å². The molecule has 2 N–H and O–H groups in total. The molecule has 30 heavy (non-hydrogen) atoms. The van der Waals surface area contributed by atoms with Crippen molar-refractivity contribution in [3.63, 3.8) is 0 Å². The Morgan fingerprint density at radius 2 is 1.93 bits per heavy atom. The van der Waals surface area contributed by atoms with Crippen molar-refractivity contribution < 1.29 is 14.2 Å². The molecule has 2 aromatic rings. The maximum atomic E-state index is 5.98. The molecule has 1 heterocycles. The highest BCUT2D eigenvalue weighted by Gasteiger charge is 2.06. The summed E-state index contributed by atoms with van der Waals surface area (Å²) in [6.45, 7) is 9.90. The van der Waals surface area contributed by atoms with Gasteiger partial charge in [-0.2, -0.15) is 0 Å². The molecule has 0 saturated carbocycles. The Morgan fingerprint density at radius 1 is 1.07 bits per heavy atom. The first-order valence-electron chi connectivity index (χ1n) is 10.5.